The molecule has 25 heavy (non-hydrogen) atoms. The number of amides is 2. The molecule has 2 amide bonds. The standard InChI is InChI=1S/C18H15N5O2/c24-17-10-14-13(2-1-3-15(14)21-17)18(25)22-16-6-9-20-23(16)11-12-4-7-19-8-5-12/h1-9H,10-11H2,(H,21,24)(H,22,25). The first-order valence-electron chi connectivity index (χ1n) is 7.84. The lowest BCUT2D eigenvalue weighted by atomic mass is 10.0. The molecule has 0 saturated carbocycles. The molecule has 4 rings (SSSR count). The molecule has 3 heterocycles. The fraction of sp³-hybridized carbons (Fsp3) is 0.111. The predicted octanol–water partition coefficient (Wildman–Crippen LogP) is 2.07. The molecular weight excluding hydrogens is 318 g/mol. The first-order valence-corrected chi connectivity index (χ1v) is 7.84. The Bertz CT molecular complexity index is 949. The largest absolute Gasteiger partial charge is 0.326 e. The number of carbonyl (C=O) groups is 2. The molecule has 7 heteroatoms. The molecule has 0 radical (unpaired) electrons. The van der Waals surface area contributed by atoms with Gasteiger partial charge in [-0.25, -0.2) is 4.68 Å². The molecule has 0 saturated heterocycles. The summed E-state index contributed by atoms with van der Waals surface area (Å²) in [6, 6.07) is 10.8. The molecule has 0 spiro atoms. The second-order valence-corrected chi connectivity index (χ2v) is 5.74. The van der Waals surface area contributed by atoms with Crippen LogP contribution in [0.4, 0.5) is 11.5 Å². The summed E-state index contributed by atoms with van der Waals surface area (Å²) in [5.74, 6) is 0.236. The van der Waals surface area contributed by atoms with Crippen molar-refractivity contribution < 1.29 is 9.59 Å². The van der Waals surface area contributed by atoms with Crippen molar-refractivity contribution in [2.24, 2.45) is 0 Å². The van der Waals surface area contributed by atoms with E-state index in [0.717, 1.165) is 11.1 Å². The molecule has 124 valence electrons. The zero-order chi connectivity index (χ0) is 17.2. The highest BCUT2D eigenvalue weighted by atomic mass is 16.2. The summed E-state index contributed by atoms with van der Waals surface area (Å²) in [5.41, 5.74) is 2.95. The number of hydrogen-bond donors (Lipinski definition) is 2. The van der Waals surface area contributed by atoms with E-state index in [0.29, 0.717) is 23.6 Å². The summed E-state index contributed by atoms with van der Waals surface area (Å²) >= 11 is 0. The van der Waals surface area contributed by atoms with Crippen LogP contribution in [-0.4, -0.2) is 26.6 Å². The first kappa shape index (κ1) is 15.1. The van der Waals surface area contributed by atoms with Crippen molar-refractivity contribution in [3.8, 4) is 0 Å². The highest BCUT2D eigenvalue weighted by Crippen LogP contribution is 2.26. The van der Waals surface area contributed by atoms with Crippen LogP contribution in [-0.2, 0) is 17.8 Å². The van der Waals surface area contributed by atoms with Crippen LogP contribution in [0.2, 0.25) is 0 Å². The van der Waals surface area contributed by atoms with E-state index in [1.165, 1.54) is 0 Å². The molecule has 7 nitrogen and oxygen atoms in total. The maximum atomic E-state index is 12.7. The van der Waals surface area contributed by atoms with Crippen LogP contribution in [0, 0.1) is 0 Å². The van der Waals surface area contributed by atoms with Gasteiger partial charge in [0.2, 0.25) is 5.91 Å². The Labute approximate surface area is 143 Å². The molecule has 1 aliphatic rings. The zero-order valence-electron chi connectivity index (χ0n) is 13.3. The monoisotopic (exact) mass is 333 g/mol. The van der Waals surface area contributed by atoms with Gasteiger partial charge in [0.25, 0.3) is 5.91 Å². The van der Waals surface area contributed by atoms with E-state index in [1.807, 2.05) is 12.1 Å². The summed E-state index contributed by atoms with van der Waals surface area (Å²) in [7, 11) is 0. The Morgan fingerprint density at radius 3 is 2.84 bits per heavy atom. The topological polar surface area (TPSA) is 88.9 Å². The molecule has 0 aliphatic carbocycles. The Morgan fingerprint density at radius 2 is 2.00 bits per heavy atom. The quantitative estimate of drug-likeness (QED) is 0.765. The number of rotatable bonds is 4. The van der Waals surface area contributed by atoms with Crippen LogP contribution in [0.15, 0.2) is 55.0 Å². The summed E-state index contributed by atoms with van der Waals surface area (Å²) in [5, 5.41) is 9.89. The van der Waals surface area contributed by atoms with Crippen LogP contribution in [0.3, 0.4) is 0 Å². The van der Waals surface area contributed by atoms with Gasteiger partial charge in [-0.2, -0.15) is 5.10 Å². The number of nitrogens with one attached hydrogen (secondary N) is 2. The highest BCUT2D eigenvalue weighted by Gasteiger charge is 2.24. The number of anilines is 2. The molecule has 0 unspecified atom stereocenters. The SMILES string of the molecule is O=C1Cc2c(cccc2C(=O)Nc2ccnn2Cc2ccncc2)N1. The van der Waals surface area contributed by atoms with E-state index in [2.05, 4.69) is 20.7 Å². The lowest BCUT2D eigenvalue weighted by Crippen LogP contribution is -2.17. The van der Waals surface area contributed by atoms with Crippen LogP contribution < -0.4 is 10.6 Å². The molecular formula is C18H15N5O2. The van der Waals surface area contributed by atoms with Crippen LogP contribution in [0.25, 0.3) is 0 Å². The van der Waals surface area contributed by atoms with Gasteiger partial charge in [-0.3, -0.25) is 14.6 Å². The Balaban J connectivity index is 1.56. The summed E-state index contributed by atoms with van der Waals surface area (Å²) < 4.78 is 1.71. The van der Waals surface area contributed by atoms with E-state index in [-0.39, 0.29) is 18.2 Å². The fourth-order valence-corrected chi connectivity index (χ4v) is 2.87. The average Bonchev–Trinajstić information content (AvgIpc) is 3.20. The number of nitrogens with zero attached hydrogens (tertiary/aromatic N) is 3. The van der Waals surface area contributed by atoms with E-state index >= 15 is 0 Å². The second-order valence-electron chi connectivity index (χ2n) is 5.74. The highest BCUT2D eigenvalue weighted by molar-refractivity contribution is 6.10. The lowest BCUT2D eigenvalue weighted by Gasteiger charge is -2.11. The number of benzene rings is 1. The van der Waals surface area contributed by atoms with Gasteiger partial charge in [-0.15, -0.1) is 0 Å². The number of aromatic nitrogens is 3. The van der Waals surface area contributed by atoms with E-state index in [1.54, 1.807) is 47.5 Å². The summed E-state index contributed by atoms with van der Waals surface area (Å²) in [6.45, 7) is 0.526. The van der Waals surface area contributed by atoms with Crippen LogP contribution in [0.1, 0.15) is 21.5 Å². The predicted molar refractivity (Wildman–Crippen MR) is 92.3 cm³/mol. The lowest BCUT2D eigenvalue weighted by molar-refractivity contribution is -0.115. The maximum Gasteiger partial charge on any atom is 0.257 e. The summed E-state index contributed by atoms with van der Waals surface area (Å²) in [4.78, 5) is 28.3. The second kappa shape index (κ2) is 6.20. The first-order chi connectivity index (χ1) is 12.2. The van der Waals surface area contributed by atoms with Crippen molar-refractivity contribution >= 4 is 23.3 Å². The average molecular weight is 333 g/mol. The molecule has 1 aromatic carbocycles. The van der Waals surface area contributed by atoms with Gasteiger partial charge in [0.15, 0.2) is 0 Å². The van der Waals surface area contributed by atoms with Gasteiger partial charge in [-0.1, -0.05) is 6.07 Å². The Morgan fingerprint density at radius 1 is 1.16 bits per heavy atom. The minimum atomic E-state index is -0.259. The van der Waals surface area contributed by atoms with Crippen molar-refractivity contribution in [1.29, 1.82) is 0 Å². The smallest absolute Gasteiger partial charge is 0.257 e. The van der Waals surface area contributed by atoms with E-state index < -0.39 is 0 Å². The van der Waals surface area contributed by atoms with Crippen molar-refractivity contribution in [2.75, 3.05) is 10.6 Å². The number of fused-ring (bicyclic) bond motifs is 1. The van der Waals surface area contributed by atoms with Gasteiger partial charge in [0.05, 0.1) is 19.2 Å². The van der Waals surface area contributed by atoms with E-state index in [4.69, 9.17) is 0 Å². The molecule has 2 aromatic heterocycles. The van der Waals surface area contributed by atoms with Crippen molar-refractivity contribution in [3.63, 3.8) is 0 Å². The van der Waals surface area contributed by atoms with Gasteiger partial charge >= 0.3 is 0 Å². The zero-order valence-corrected chi connectivity index (χ0v) is 13.3. The molecule has 0 atom stereocenters. The minimum absolute atomic E-state index is 0.0991. The number of carbonyl (C=O) groups excluding carboxylic acids is 2. The van der Waals surface area contributed by atoms with Crippen LogP contribution >= 0.6 is 0 Å². The van der Waals surface area contributed by atoms with Crippen LogP contribution in [0.5, 0.6) is 0 Å². The van der Waals surface area contributed by atoms with Gasteiger partial charge in [0, 0.05) is 29.7 Å². The molecule has 2 N–H and O–H groups in total. The molecule has 0 bridgehead atoms. The normalized spacial score (nSPS) is 12.6. The van der Waals surface area contributed by atoms with E-state index in [9.17, 15) is 9.59 Å². The van der Waals surface area contributed by atoms with Gasteiger partial charge in [0.1, 0.15) is 5.82 Å². The third-order valence-electron chi connectivity index (χ3n) is 4.07. The molecule has 0 fully saturated rings. The Hall–Kier alpha value is -3.48. The third-order valence-corrected chi connectivity index (χ3v) is 4.07. The fourth-order valence-electron chi connectivity index (χ4n) is 2.87. The summed E-state index contributed by atoms with van der Waals surface area (Å²) in [6.07, 6.45) is 5.29. The van der Waals surface area contributed by atoms with Crippen molar-refractivity contribution in [2.45, 2.75) is 13.0 Å². The van der Waals surface area contributed by atoms with Crippen molar-refractivity contribution in [3.05, 3.63) is 71.7 Å². The Kier molecular flexibility index (Phi) is 3.74. The van der Waals surface area contributed by atoms with Gasteiger partial charge < -0.3 is 10.6 Å². The van der Waals surface area contributed by atoms with Crippen molar-refractivity contribution in [1.82, 2.24) is 14.8 Å². The number of hydrogen-bond acceptors (Lipinski definition) is 4. The molecule has 3 aromatic rings. The minimum Gasteiger partial charge on any atom is -0.326 e. The maximum absolute atomic E-state index is 12.7. The third kappa shape index (κ3) is 2.99. The van der Waals surface area contributed by atoms with Gasteiger partial charge in [-0.05, 0) is 35.4 Å². The number of pyridine rings is 1. The molecule has 1 aliphatic heterocycles.